The summed E-state index contributed by atoms with van der Waals surface area (Å²) < 4.78 is 5.08. The first-order valence-corrected chi connectivity index (χ1v) is 5.72. The van der Waals surface area contributed by atoms with E-state index in [1.807, 2.05) is 0 Å². The van der Waals surface area contributed by atoms with Gasteiger partial charge in [-0.25, -0.2) is 9.97 Å². The van der Waals surface area contributed by atoms with E-state index in [2.05, 4.69) is 20.1 Å². The molecule has 3 rings (SSSR count). The fraction of sp³-hybridized carbons (Fsp3) is 0. The lowest BCUT2D eigenvalue weighted by molar-refractivity contribution is 0.425. The normalized spacial score (nSPS) is 10.6. The van der Waals surface area contributed by atoms with Crippen LogP contribution in [0.2, 0.25) is 5.02 Å². The van der Waals surface area contributed by atoms with Gasteiger partial charge in [-0.15, -0.1) is 0 Å². The van der Waals surface area contributed by atoms with Crippen LogP contribution in [0.25, 0.3) is 23.1 Å². The summed E-state index contributed by atoms with van der Waals surface area (Å²) in [6.07, 6.45) is 3.16. The predicted molar refractivity (Wildman–Crippen MR) is 67.4 cm³/mol. The largest absolute Gasteiger partial charge is 0.507 e. The van der Waals surface area contributed by atoms with Crippen LogP contribution in [0.5, 0.6) is 5.75 Å². The summed E-state index contributed by atoms with van der Waals surface area (Å²) in [7, 11) is 0. The van der Waals surface area contributed by atoms with E-state index < -0.39 is 0 Å². The van der Waals surface area contributed by atoms with Gasteiger partial charge in [0.25, 0.3) is 5.89 Å². The van der Waals surface area contributed by atoms with Gasteiger partial charge in [0.1, 0.15) is 5.75 Å². The Labute approximate surface area is 112 Å². The van der Waals surface area contributed by atoms with Crippen molar-refractivity contribution in [1.29, 1.82) is 0 Å². The summed E-state index contributed by atoms with van der Waals surface area (Å²) in [4.78, 5) is 12.2. The second-order valence-corrected chi connectivity index (χ2v) is 4.09. The zero-order chi connectivity index (χ0) is 13.2. The second kappa shape index (κ2) is 4.66. The van der Waals surface area contributed by atoms with Crippen LogP contribution in [-0.2, 0) is 0 Å². The number of aromatic hydroxyl groups is 1. The zero-order valence-corrected chi connectivity index (χ0v) is 10.2. The Balaban J connectivity index is 2.04. The molecule has 2 heterocycles. The zero-order valence-electron chi connectivity index (χ0n) is 9.49. The number of hydrogen-bond donors (Lipinski definition) is 1. The van der Waals surface area contributed by atoms with Crippen molar-refractivity contribution in [1.82, 2.24) is 20.1 Å². The fourth-order valence-corrected chi connectivity index (χ4v) is 1.69. The molecule has 0 bridgehead atoms. The maximum Gasteiger partial charge on any atom is 0.262 e. The van der Waals surface area contributed by atoms with E-state index >= 15 is 0 Å². The number of phenols is 1. The topological polar surface area (TPSA) is 84.9 Å². The van der Waals surface area contributed by atoms with Crippen molar-refractivity contribution < 1.29 is 9.63 Å². The molecule has 1 N–H and O–H groups in total. The minimum atomic E-state index is 0.00794. The highest BCUT2D eigenvalue weighted by Crippen LogP contribution is 2.31. The molecule has 0 aliphatic heterocycles. The molecular formula is C12H7ClN4O2. The van der Waals surface area contributed by atoms with Gasteiger partial charge in [0.05, 0.1) is 5.56 Å². The van der Waals surface area contributed by atoms with E-state index in [4.69, 9.17) is 16.1 Å². The van der Waals surface area contributed by atoms with E-state index in [1.54, 1.807) is 30.6 Å². The van der Waals surface area contributed by atoms with E-state index in [0.717, 1.165) is 0 Å². The molecular weight excluding hydrogens is 268 g/mol. The van der Waals surface area contributed by atoms with E-state index in [0.29, 0.717) is 16.4 Å². The standard InChI is InChI=1S/C12H7ClN4O2/c13-7-2-3-9(18)8(6-7)12-16-11(17-19-12)10-14-4-1-5-15-10/h1-6,18H. The molecule has 0 amide bonds. The van der Waals surface area contributed by atoms with Crippen LogP contribution < -0.4 is 0 Å². The van der Waals surface area contributed by atoms with Crippen molar-refractivity contribution in [2.24, 2.45) is 0 Å². The van der Waals surface area contributed by atoms with Crippen LogP contribution in [0.15, 0.2) is 41.2 Å². The number of nitrogens with zero attached hydrogens (tertiary/aromatic N) is 4. The molecule has 2 aromatic heterocycles. The van der Waals surface area contributed by atoms with E-state index in [9.17, 15) is 5.11 Å². The fourth-order valence-electron chi connectivity index (χ4n) is 1.52. The van der Waals surface area contributed by atoms with Gasteiger partial charge in [0, 0.05) is 17.4 Å². The van der Waals surface area contributed by atoms with E-state index in [-0.39, 0.29) is 17.5 Å². The minimum Gasteiger partial charge on any atom is -0.507 e. The van der Waals surface area contributed by atoms with Crippen molar-refractivity contribution in [2.45, 2.75) is 0 Å². The SMILES string of the molecule is Oc1ccc(Cl)cc1-c1nc(-c2ncccn2)no1. The monoisotopic (exact) mass is 274 g/mol. The highest BCUT2D eigenvalue weighted by Gasteiger charge is 2.15. The first-order valence-electron chi connectivity index (χ1n) is 5.34. The summed E-state index contributed by atoms with van der Waals surface area (Å²) in [5, 5.41) is 14.0. The average molecular weight is 275 g/mol. The van der Waals surface area contributed by atoms with Crippen molar-refractivity contribution in [3.63, 3.8) is 0 Å². The molecule has 1 aromatic carbocycles. The Hall–Kier alpha value is -2.47. The van der Waals surface area contributed by atoms with Gasteiger partial charge >= 0.3 is 0 Å². The molecule has 6 nitrogen and oxygen atoms in total. The lowest BCUT2D eigenvalue weighted by Gasteiger charge is -1.98. The average Bonchev–Trinajstić information content (AvgIpc) is 2.92. The van der Waals surface area contributed by atoms with Crippen molar-refractivity contribution in [3.05, 3.63) is 41.7 Å². The van der Waals surface area contributed by atoms with Crippen molar-refractivity contribution >= 4 is 11.6 Å². The Morgan fingerprint density at radius 1 is 1.11 bits per heavy atom. The first-order chi connectivity index (χ1) is 9.24. The number of phenolic OH excluding ortho intramolecular Hbond substituents is 1. The lowest BCUT2D eigenvalue weighted by Crippen LogP contribution is -1.88. The van der Waals surface area contributed by atoms with Gasteiger partial charge in [-0.1, -0.05) is 16.8 Å². The quantitative estimate of drug-likeness (QED) is 0.773. The molecule has 0 aliphatic carbocycles. The van der Waals surface area contributed by atoms with Gasteiger partial charge in [0.15, 0.2) is 0 Å². The molecule has 0 aliphatic rings. The summed E-state index contributed by atoms with van der Waals surface area (Å²) in [6.45, 7) is 0. The van der Waals surface area contributed by atoms with Crippen LogP contribution >= 0.6 is 11.6 Å². The molecule has 3 aromatic rings. The molecule has 0 saturated carbocycles. The second-order valence-electron chi connectivity index (χ2n) is 3.66. The number of hydrogen-bond acceptors (Lipinski definition) is 6. The molecule has 0 radical (unpaired) electrons. The maximum absolute atomic E-state index is 9.75. The third-order valence-corrected chi connectivity index (χ3v) is 2.62. The molecule has 0 saturated heterocycles. The van der Waals surface area contributed by atoms with E-state index in [1.165, 1.54) is 6.07 Å². The molecule has 0 unspecified atom stereocenters. The summed E-state index contributed by atoms with van der Waals surface area (Å²) >= 11 is 5.86. The molecule has 94 valence electrons. The Bertz CT molecular complexity index is 715. The van der Waals surface area contributed by atoms with Gasteiger partial charge in [-0.3, -0.25) is 0 Å². The molecule has 0 fully saturated rings. The predicted octanol–water partition coefficient (Wildman–Crippen LogP) is 2.55. The lowest BCUT2D eigenvalue weighted by atomic mass is 10.2. The van der Waals surface area contributed by atoms with Gasteiger partial charge in [0.2, 0.25) is 11.6 Å². The third kappa shape index (κ3) is 2.25. The summed E-state index contributed by atoms with van der Waals surface area (Å²) in [6, 6.07) is 6.26. The van der Waals surface area contributed by atoms with Crippen LogP contribution in [0.1, 0.15) is 0 Å². The number of halogens is 1. The Morgan fingerprint density at radius 3 is 2.68 bits per heavy atom. The summed E-state index contributed by atoms with van der Waals surface area (Å²) in [5.74, 6) is 0.755. The number of benzene rings is 1. The van der Waals surface area contributed by atoms with Gasteiger partial charge < -0.3 is 9.63 Å². The minimum absolute atomic E-state index is 0.00794. The molecule has 0 atom stereocenters. The van der Waals surface area contributed by atoms with Crippen molar-refractivity contribution in [3.8, 4) is 28.9 Å². The molecule has 19 heavy (non-hydrogen) atoms. The van der Waals surface area contributed by atoms with Crippen LogP contribution in [-0.4, -0.2) is 25.2 Å². The first kappa shape index (κ1) is 11.6. The maximum atomic E-state index is 9.75. The van der Waals surface area contributed by atoms with Gasteiger partial charge in [-0.05, 0) is 24.3 Å². The van der Waals surface area contributed by atoms with Gasteiger partial charge in [-0.2, -0.15) is 4.98 Å². The summed E-state index contributed by atoms with van der Waals surface area (Å²) in [5.41, 5.74) is 0.363. The number of aromatic nitrogens is 4. The third-order valence-electron chi connectivity index (χ3n) is 2.38. The molecule has 0 spiro atoms. The van der Waals surface area contributed by atoms with Crippen molar-refractivity contribution in [2.75, 3.05) is 0 Å². The number of rotatable bonds is 2. The van der Waals surface area contributed by atoms with Crippen LogP contribution in [0, 0.1) is 0 Å². The molecule has 7 heteroatoms. The highest BCUT2D eigenvalue weighted by molar-refractivity contribution is 6.30. The smallest absolute Gasteiger partial charge is 0.262 e. The van der Waals surface area contributed by atoms with Crippen LogP contribution in [0.4, 0.5) is 0 Å². The Morgan fingerprint density at radius 2 is 1.89 bits per heavy atom. The Kier molecular flexibility index (Phi) is 2.85. The highest BCUT2D eigenvalue weighted by atomic mass is 35.5. The van der Waals surface area contributed by atoms with Crippen LogP contribution in [0.3, 0.4) is 0 Å².